The van der Waals surface area contributed by atoms with Crippen LogP contribution in [0.1, 0.15) is 20.7 Å². The van der Waals surface area contributed by atoms with Gasteiger partial charge in [0.1, 0.15) is 6.61 Å². The zero-order valence-electron chi connectivity index (χ0n) is 11.4. The third kappa shape index (κ3) is 3.11. The van der Waals surface area contributed by atoms with Gasteiger partial charge < -0.3 is 9.64 Å². The van der Waals surface area contributed by atoms with Crippen molar-refractivity contribution in [3.63, 3.8) is 0 Å². The summed E-state index contributed by atoms with van der Waals surface area (Å²) in [6, 6.07) is 18.0. The maximum absolute atomic E-state index is 12.1. The Morgan fingerprint density at radius 1 is 0.952 bits per heavy atom. The summed E-state index contributed by atoms with van der Waals surface area (Å²) in [6.07, 6.45) is 0. The second-order valence-corrected chi connectivity index (χ2v) is 4.94. The number of benzene rings is 2. The first-order valence-electron chi connectivity index (χ1n) is 6.84. The molecule has 2 aromatic rings. The summed E-state index contributed by atoms with van der Waals surface area (Å²) in [5, 5.41) is 0. The van der Waals surface area contributed by atoms with Crippen LogP contribution in [0.3, 0.4) is 0 Å². The largest absolute Gasteiger partial charge is 0.460 e. The molecule has 1 atom stereocenters. The Hall–Kier alpha value is -2.62. The van der Waals surface area contributed by atoms with Crippen molar-refractivity contribution in [1.29, 1.82) is 0 Å². The molecular formula is C17H15NO3. The molecule has 1 fully saturated rings. The molecule has 4 nitrogen and oxygen atoms in total. The van der Waals surface area contributed by atoms with E-state index in [4.69, 9.17) is 4.74 Å². The van der Waals surface area contributed by atoms with Crippen LogP contribution in [-0.4, -0.2) is 36.0 Å². The summed E-state index contributed by atoms with van der Waals surface area (Å²) < 4.78 is 5.24. The predicted molar refractivity (Wildman–Crippen MR) is 78.0 cm³/mol. The molecule has 0 spiro atoms. The van der Waals surface area contributed by atoms with E-state index >= 15 is 0 Å². The summed E-state index contributed by atoms with van der Waals surface area (Å²) in [5.74, 6) is -0.369. The molecule has 1 saturated heterocycles. The third-order valence-electron chi connectivity index (χ3n) is 3.41. The lowest BCUT2D eigenvalue weighted by Crippen LogP contribution is -2.18. The van der Waals surface area contributed by atoms with Crippen LogP contribution in [0.2, 0.25) is 0 Å². The standard InChI is InChI=1S/C17H15NO3/c19-16(13-7-3-1-4-8-13)18-11-15(18)12-21-17(20)14-9-5-2-6-10-14/h1-10,15H,11-12H2. The minimum Gasteiger partial charge on any atom is -0.460 e. The number of carbonyl (C=O) groups is 2. The minimum absolute atomic E-state index is 0.00892. The highest BCUT2D eigenvalue weighted by Crippen LogP contribution is 2.21. The van der Waals surface area contributed by atoms with Crippen LogP contribution in [-0.2, 0) is 4.74 Å². The van der Waals surface area contributed by atoms with Crippen molar-refractivity contribution in [2.45, 2.75) is 6.04 Å². The van der Waals surface area contributed by atoms with E-state index in [0.29, 0.717) is 17.7 Å². The SMILES string of the molecule is O=C(OCC1CN1C(=O)c1ccccc1)c1ccccc1. The van der Waals surface area contributed by atoms with Crippen molar-refractivity contribution >= 4 is 11.9 Å². The summed E-state index contributed by atoms with van der Waals surface area (Å²) >= 11 is 0. The zero-order chi connectivity index (χ0) is 14.7. The average Bonchev–Trinajstić information content (AvgIpc) is 3.33. The van der Waals surface area contributed by atoms with Gasteiger partial charge in [-0.2, -0.15) is 0 Å². The van der Waals surface area contributed by atoms with Gasteiger partial charge in [-0.3, -0.25) is 4.79 Å². The fourth-order valence-corrected chi connectivity index (χ4v) is 2.15. The van der Waals surface area contributed by atoms with Crippen molar-refractivity contribution in [2.75, 3.05) is 13.2 Å². The van der Waals surface area contributed by atoms with Gasteiger partial charge in [0.25, 0.3) is 5.91 Å². The third-order valence-corrected chi connectivity index (χ3v) is 3.41. The molecule has 1 unspecified atom stereocenters. The molecule has 0 saturated carbocycles. The highest BCUT2D eigenvalue weighted by Gasteiger charge is 2.39. The van der Waals surface area contributed by atoms with Crippen molar-refractivity contribution < 1.29 is 14.3 Å². The lowest BCUT2D eigenvalue weighted by molar-refractivity contribution is 0.0486. The van der Waals surface area contributed by atoms with Gasteiger partial charge in [0.15, 0.2) is 0 Å². The maximum atomic E-state index is 12.1. The van der Waals surface area contributed by atoms with Gasteiger partial charge in [-0.15, -0.1) is 0 Å². The number of carbonyl (C=O) groups excluding carboxylic acids is 2. The second-order valence-electron chi connectivity index (χ2n) is 4.94. The highest BCUT2D eigenvalue weighted by atomic mass is 16.5. The number of hydrogen-bond donors (Lipinski definition) is 0. The Kier molecular flexibility index (Phi) is 3.69. The first-order valence-corrected chi connectivity index (χ1v) is 6.84. The molecule has 0 radical (unpaired) electrons. The van der Waals surface area contributed by atoms with Crippen molar-refractivity contribution in [3.8, 4) is 0 Å². The van der Waals surface area contributed by atoms with Gasteiger partial charge in [0, 0.05) is 12.1 Å². The highest BCUT2D eigenvalue weighted by molar-refractivity contribution is 5.96. The van der Waals surface area contributed by atoms with Crippen LogP contribution in [0.25, 0.3) is 0 Å². The van der Waals surface area contributed by atoms with Crippen molar-refractivity contribution in [1.82, 2.24) is 4.90 Å². The number of rotatable bonds is 4. The van der Waals surface area contributed by atoms with E-state index < -0.39 is 0 Å². The Morgan fingerprint density at radius 2 is 1.52 bits per heavy atom. The molecule has 1 aliphatic heterocycles. The minimum atomic E-state index is -0.352. The first kappa shape index (κ1) is 13.4. The number of hydrogen-bond acceptors (Lipinski definition) is 3. The van der Waals surface area contributed by atoms with E-state index in [1.165, 1.54) is 0 Å². The van der Waals surface area contributed by atoms with Crippen LogP contribution in [0.5, 0.6) is 0 Å². The average molecular weight is 281 g/mol. The molecule has 4 heteroatoms. The number of esters is 1. The Morgan fingerprint density at radius 3 is 2.14 bits per heavy atom. The zero-order valence-corrected chi connectivity index (χ0v) is 11.4. The maximum Gasteiger partial charge on any atom is 0.338 e. The molecule has 1 amide bonds. The number of ether oxygens (including phenoxy) is 1. The van der Waals surface area contributed by atoms with Gasteiger partial charge in [0.2, 0.25) is 0 Å². The monoisotopic (exact) mass is 281 g/mol. The van der Waals surface area contributed by atoms with Crippen LogP contribution in [0.15, 0.2) is 60.7 Å². The molecule has 21 heavy (non-hydrogen) atoms. The van der Waals surface area contributed by atoms with Gasteiger partial charge in [-0.05, 0) is 24.3 Å². The Bertz CT molecular complexity index is 640. The smallest absolute Gasteiger partial charge is 0.338 e. The van der Waals surface area contributed by atoms with Gasteiger partial charge in [0.05, 0.1) is 11.6 Å². The molecule has 1 heterocycles. The quantitative estimate of drug-likeness (QED) is 0.638. The predicted octanol–water partition coefficient (Wildman–Crippen LogP) is 2.37. The molecule has 2 aromatic carbocycles. The van der Waals surface area contributed by atoms with E-state index in [1.807, 2.05) is 24.3 Å². The van der Waals surface area contributed by atoms with E-state index in [2.05, 4.69) is 0 Å². The molecule has 106 valence electrons. The Balaban J connectivity index is 1.51. The van der Waals surface area contributed by atoms with Gasteiger partial charge >= 0.3 is 5.97 Å². The Labute approximate surface area is 123 Å². The molecular weight excluding hydrogens is 266 g/mol. The molecule has 3 rings (SSSR count). The van der Waals surface area contributed by atoms with Crippen molar-refractivity contribution in [2.24, 2.45) is 0 Å². The molecule has 0 bridgehead atoms. The lowest BCUT2D eigenvalue weighted by Gasteiger charge is -2.06. The summed E-state index contributed by atoms with van der Waals surface area (Å²) in [6.45, 7) is 0.877. The summed E-state index contributed by atoms with van der Waals surface area (Å²) in [7, 11) is 0. The fraction of sp³-hybridized carbons (Fsp3) is 0.176. The van der Waals surface area contributed by atoms with Crippen LogP contribution in [0.4, 0.5) is 0 Å². The molecule has 0 aromatic heterocycles. The molecule has 0 N–H and O–H groups in total. The first-order chi connectivity index (χ1) is 10.3. The van der Waals surface area contributed by atoms with E-state index in [0.717, 1.165) is 0 Å². The lowest BCUT2D eigenvalue weighted by atomic mass is 10.2. The second kappa shape index (κ2) is 5.79. The molecule has 1 aliphatic rings. The topological polar surface area (TPSA) is 46.4 Å². The van der Waals surface area contributed by atoms with E-state index in [1.54, 1.807) is 41.3 Å². The van der Waals surface area contributed by atoms with Crippen LogP contribution < -0.4 is 0 Å². The number of nitrogens with zero attached hydrogens (tertiary/aromatic N) is 1. The van der Waals surface area contributed by atoms with Crippen LogP contribution in [0, 0.1) is 0 Å². The van der Waals surface area contributed by atoms with Gasteiger partial charge in [-0.1, -0.05) is 36.4 Å². The van der Waals surface area contributed by atoms with Gasteiger partial charge in [-0.25, -0.2) is 4.79 Å². The van der Waals surface area contributed by atoms with E-state index in [9.17, 15) is 9.59 Å². The summed E-state index contributed by atoms with van der Waals surface area (Å²) in [4.78, 5) is 25.6. The number of amides is 1. The fourth-order valence-electron chi connectivity index (χ4n) is 2.15. The van der Waals surface area contributed by atoms with Crippen LogP contribution >= 0.6 is 0 Å². The molecule has 0 aliphatic carbocycles. The normalized spacial score (nSPS) is 16.4. The van der Waals surface area contributed by atoms with E-state index in [-0.39, 0.29) is 24.5 Å². The van der Waals surface area contributed by atoms with Crippen molar-refractivity contribution in [3.05, 3.63) is 71.8 Å². The summed E-state index contributed by atoms with van der Waals surface area (Å²) in [5.41, 5.74) is 1.19.